The monoisotopic (exact) mass is 540 g/mol. The molecular weight excluding hydrogens is 510 g/mol. The van der Waals surface area contributed by atoms with Gasteiger partial charge in [-0.15, -0.1) is 0 Å². The molecule has 3 unspecified atom stereocenters. The number of morpholine rings is 2. The van der Waals surface area contributed by atoms with E-state index in [0.29, 0.717) is 54.8 Å². The van der Waals surface area contributed by atoms with E-state index in [2.05, 4.69) is 16.1 Å². The van der Waals surface area contributed by atoms with E-state index in [1.165, 1.54) is 0 Å². The van der Waals surface area contributed by atoms with Gasteiger partial charge in [0.25, 0.3) is 6.43 Å². The lowest BCUT2D eigenvalue weighted by molar-refractivity contribution is -0.0395. The highest BCUT2D eigenvalue weighted by Crippen LogP contribution is 2.40. The van der Waals surface area contributed by atoms with Crippen molar-refractivity contribution in [2.45, 2.75) is 62.9 Å². The molecule has 11 nitrogen and oxygen atoms in total. The van der Waals surface area contributed by atoms with Gasteiger partial charge < -0.3 is 24.0 Å². The van der Waals surface area contributed by atoms with Crippen LogP contribution in [-0.2, 0) is 14.2 Å². The van der Waals surface area contributed by atoms with Crippen molar-refractivity contribution in [1.29, 1.82) is 5.26 Å². The van der Waals surface area contributed by atoms with Crippen molar-refractivity contribution >= 4 is 22.5 Å². The normalized spacial score (nSPS) is 27.4. The zero-order valence-electron chi connectivity index (χ0n) is 21.5. The topological polar surface area (TPSA) is 106 Å². The number of pyridine rings is 1. The van der Waals surface area contributed by atoms with Gasteiger partial charge in [0.2, 0.25) is 0 Å². The molecule has 0 N–H and O–H groups in total. The van der Waals surface area contributed by atoms with Crippen LogP contribution in [-0.4, -0.2) is 88.7 Å². The number of hydrogen-bond donors (Lipinski definition) is 0. The first-order valence-electron chi connectivity index (χ1n) is 13.6. The maximum atomic E-state index is 14.2. The zero-order chi connectivity index (χ0) is 26.5. The van der Waals surface area contributed by atoms with E-state index < -0.39 is 12.5 Å². The summed E-state index contributed by atoms with van der Waals surface area (Å²) < 4.78 is 48.8. The lowest BCUT2D eigenvalue weighted by Gasteiger charge is -2.39. The maximum Gasteiger partial charge on any atom is 0.260 e. The third kappa shape index (κ3) is 4.21. The molecule has 0 amide bonds. The Morgan fingerprint density at radius 1 is 1.00 bits per heavy atom. The van der Waals surface area contributed by atoms with Gasteiger partial charge in [0.15, 0.2) is 17.2 Å². The molecule has 0 spiro atoms. The summed E-state index contributed by atoms with van der Waals surface area (Å²) in [5.41, 5.74) is 1.05. The summed E-state index contributed by atoms with van der Waals surface area (Å²) in [5, 5.41) is 19.9. The van der Waals surface area contributed by atoms with E-state index in [0.717, 1.165) is 32.1 Å². The molecule has 13 heteroatoms. The highest BCUT2D eigenvalue weighted by Gasteiger charge is 2.40. The Morgan fingerprint density at radius 3 is 2.59 bits per heavy atom. The standard InChI is InChI=1S/C26H30F2N8O3/c27-25(28)20-15-37-10-8-33(20)19-11-22(35-16-4-5-17(35)14-38-13-16)30-26-24(19)18(12-29)31-36(26)21-6-7-34(32-21)23-3-1-2-9-39-23/h6-7,11,16-17,20,23,25H,1-5,8-10,13-15H2/t16?,17?,20-,23?/m0/s1. The minimum absolute atomic E-state index is 0.0958. The number of alkyl halides is 2. The fraction of sp³-hybridized carbons (Fsp3) is 0.615. The van der Waals surface area contributed by atoms with Gasteiger partial charge >= 0.3 is 0 Å². The van der Waals surface area contributed by atoms with Crippen molar-refractivity contribution in [2.75, 3.05) is 49.4 Å². The van der Waals surface area contributed by atoms with Crippen LogP contribution < -0.4 is 9.80 Å². The van der Waals surface area contributed by atoms with Crippen molar-refractivity contribution in [1.82, 2.24) is 24.5 Å². The summed E-state index contributed by atoms with van der Waals surface area (Å²) in [6.45, 7) is 2.36. The molecule has 3 aromatic heterocycles. The van der Waals surface area contributed by atoms with E-state index in [1.807, 2.05) is 18.3 Å². The third-order valence-electron chi connectivity index (χ3n) is 8.24. The summed E-state index contributed by atoms with van der Waals surface area (Å²) in [4.78, 5) is 8.94. The minimum atomic E-state index is -2.62. The van der Waals surface area contributed by atoms with Gasteiger partial charge in [-0.3, -0.25) is 0 Å². The van der Waals surface area contributed by atoms with E-state index in [1.54, 1.807) is 14.3 Å². The quantitative estimate of drug-likeness (QED) is 0.483. The number of hydrogen-bond acceptors (Lipinski definition) is 9. The molecule has 206 valence electrons. The Morgan fingerprint density at radius 2 is 1.85 bits per heavy atom. The predicted octanol–water partition coefficient (Wildman–Crippen LogP) is 3.03. The summed E-state index contributed by atoms with van der Waals surface area (Å²) in [5.74, 6) is 1.16. The molecule has 3 aromatic rings. The number of aromatic nitrogens is 5. The van der Waals surface area contributed by atoms with Crippen LogP contribution in [0.3, 0.4) is 0 Å². The van der Waals surface area contributed by atoms with Gasteiger partial charge in [-0.1, -0.05) is 0 Å². The highest BCUT2D eigenvalue weighted by atomic mass is 19.3. The molecule has 0 aliphatic carbocycles. The summed E-state index contributed by atoms with van der Waals surface area (Å²) >= 11 is 0. The van der Waals surface area contributed by atoms with Crippen molar-refractivity contribution in [3.05, 3.63) is 24.0 Å². The van der Waals surface area contributed by atoms with Crippen LogP contribution in [0.1, 0.15) is 44.0 Å². The van der Waals surface area contributed by atoms with E-state index in [9.17, 15) is 14.0 Å². The first-order chi connectivity index (χ1) is 19.1. The molecule has 0 aromatic carbocycles. The lowest BCUT2D eigenvalue weighted by Crippen LogP contribution is -2.50. The molecule has 0 radical (unpaired) electrons. The Hall–Kier alpha value is -3.34. The molecule has 4 saturated heterocycles. The van der Waals surface area contributed by atoms with Gasteiger partial charge in [0.05, 0.1) is 49.6 Å². The number of fused-ring (bicyclic) bond motifs is 3. The number of ether oxygens (including phenoxy) is 3. The lowest BCUT2D eigenvalue weighted by atomic mass is 10.1. The van der Waals surface area contributed by atoms with Gasteiger partial charge in [0, 0.05) is 31.5 Å². The van der Waals surface area contributed by atoms with Crippen LogP contribution in [0.15, 0.2) is 18.3 Å². The van der Waals surface area contributed by atoms with Crippen LogP contribution in [0, 0.1) is 11.3 Å². The van der Waals surface area contributed by atoms with Crippen LogP contribution >= 0.6 is 0 Å². The Balaban J connectivity index is 1.40. The summed E-state index contributed by atoms with van der Waals surface area (Å²) in [6, 6.07) is 5.01. The molecule has 2 bridgehead atoms. The second kappa shape index (κ2) is 10.0. The summed E-state index contributed by atoms with van der Waals surface area (Å²) in [7, 11) is 0. The SMILES string of the molecule is N#Cc1nn(-c2ccn(C3CCCCO3)n2)c2nc(N3C4CCC3COC4)cc(N3CCOC[C@H]3C(F)F)c12. The Kier molecular flexibility index (Phi) is 6.33. The molecule has 4 atom stereocenters. The molecule has 7 heterocycles. The smallest absolute Gasteiger partial charge is 0.260 e. The van der Waals surface area contributed by atoms with Gasteiger partial charge in [0.1, 0.15) is 24.2 Å². The van der Waals surface area contributed by atoms with Crippen molar-refractivity contribution in [2.24, 2.45) is 0 Å². The number of nitriles is 1. The van der Waals surface area contributed by atoms with Gasteiger partial charge in [-0.05, 0) is 32.1 Å². The molecular formula is C26H30F2N8O3. The molecule has 4 aliphatic rings. The predicted molar refractivity (Wildman–Crippen MR) is 136 cm³/mol. The molecule has 4 fully saturated rings. The third-order valence-corrected chi connectivity index (χ3v) is 8.24. The first-order valence-corrected chi connectivity index (χ1v) is 13.6. The molecule has 39 heavy (non-hydrogen) atoms. The fourth-order valence-corrected chi connectivity index (χ4v) is 6.35. The van der Waals surface area contributed by atoms with Crippen LogP contribution in [0.25, 0.3) is 16.9 Å². The van der Waals surface area contributed by atoms with E-state index in [-0.39, 0.29) is 37.2 Å². The fourth-order valence-electron chi connectivity index (χ4n) is 6.35. The summed E-state index contributed by atoms with van der Waals surface area (Å²) in [6.07, 6.45) is 3.97. The molecule has 0 saturated carbocycles. The largest absolute Gasteiger partial charge is 0.377 e. The average Bonchev–Trinajstić information content (AvgIpc) is 3.67. The van der Waals surface area contributed by atoms with Crippen molar-refractivity contribution < 1.29 is 23.0 Å². The Bertz CT molecular complexity index is 1380. The number of anilines is 2. The first kappa shape index (κ1) is 24.7. The van der Waals surface area contributed by atoms with Crippen molar-refractivity contribution in [3.63, 3.8) is 0 Å². The van der Waals surface area contributed by atoms with Gasteiger partial charge in [-0.2, -0.15) is 20.1 Å². The van der Waals surface area contributed by atoms with E-state index in [4.69, 9.17) is 24.3 Å². The second-order valence-electron chi connectivity index (χ2n) is 10.5. The van der Waals surface area contributed by atoms with Crippen LogP contribution in [0.4, 0.5) is 20.3 Å². The number of nitrogens with zero attached hydrogens (tertiary/aromatic N) is 8. The number of rotatable bonds is 5. The van der Waals surface area contributed by atoms with Gasteiger partial charge in [-0.25, -0.2) is 18.4 Å². The van der Waals surface area contributed by atoms with Crippen LogP contribution in [0.5, 0.6) is 0 Å². The zero-order valence-corrected chi connectivity index (χ0v) is 21.5. The van der Waals surface area contributed by atoms with Crippen LogP contribution in [0.2, 0.25) is 0 Å². The maximum absolute atomic E-state index is 14.2. The highest BCUT2D eigenvalue weighted by molar-refractivity contribution is 5.96. The second-order valence-corrected chi connectivity index (χ2v) is 10.5. The average molecular weight is 541 g/mol. The minimum Gasteiger partial charge on any atom is -0.377 e. The number of halogens is 2. The Labute approximate surface area is 223 Å². The van der Waals surface area contributed by atoms with Crippen molar-refractivity contribution in [3.8, 4) is 11.9 Å². The molecule has 4 aliphatic heterocycles. The molecule has 7 rings (SSSR count). The van der Waals surface area contributed by atoms with E-state index >= 15 is 0 Å².